The molecule has 1 heterocycles. The van der Waals surface area contributed by atoms with Crippen LogP contribution in [0.2, 0.25) is 5.02 Å². The van der Waals surface area contributed by atoms with Crippen molar-refractivity contribution in [2.45, 2.75) is 11.4 Å². The Kier molecular flexibility index (Phi) is 4.45. The van der Waals surface area contributed by atoms with Crippen LogP contribution in [-0.4, -0.2) is 19.8 Å². The van der Waals surface area contributed by atoms with Crippen molar-refractivity contribution in [3.63, 3.8) is 0 Å². The van der Waals surface area contributed by atoms with Crippen molar-refractivity contribution in [3.05, 3.63) is 75.6 Å². The van der Waals surface area contributed by atoms with Gasteiger partial charge in [-0.05, 0) is 35.9 Å². The minimum atomic E-state index is -3.70. The number of sulfonamides is 1. The van der Waals surface area contributed by atoms with Crippen molar-refractivity contribution >= 4 is 32.6 Å². The molecule has 3 aromatic rings. The second-order valence-electron chi connectivity index (χ2n) is 5.31. The lowest BCUT2D eigenvalue weighted by molar-refractivity contribution is 0.467. The van der Waals surface area contributed by atoms with Gasteiger partial charge in [0.05, 0.1) is 4.90 Å². The molecule has 0 fully saturated rings. The molecule has 0 aliphatic heterocycles. The highest BCUT2D eigenvalue weighted by molar-refractivity contribution is 7.89. The maximum absolute atomic E-state index is 12.7. The average Bonchev–Trinajstić information content (AvgIpc) is 2.56. The van der Waals surface area contributed by atoms with Gasteiger partial charge in [-0.15, -0.1) is 0 Å². The van der Waals surface area contributed by atoms with Crippen LogP contribution in [0.5, 0.6) is 0 Å². The van der Waals surface area contributed by atoms with Crippen LogP contribution in [0.3, 0.4) is 0 Å². The summed E-state index contributed by atoms with van der Waals surface area (Å²) in [6.07, 6.45) is 0. The fourth-order valence-electron chi connectivity index (χ4n) is 2.34. The molecule has 0 spiro atoms. The molecule has 0 saturated carbocycles. The molecule has 0 aliphatic rings. The number of halogens is 1. The number of rotatable bonds is 4. The summed E-state index contributed by atoms with van der Waals surface area (Å²) in [6.45, 7) is 0.157. The van der Waals surface area contributed by atoms with Gasteiger partial charge in [-0.2, -0.15) is 4.31 Å². The molecule has 1 aromatic heterocycles. The third-order valence-corrected chi connectivity index (χ3v) is 5.82. The summed E-state index contributed by atoms with van der Waals surface area (Å²) in [5.41, 5.74) is 0.584. The molecule has 0 unspecified atom stereocenters. The molecule has 24 heavy (non-hydrogen) atoms. The van der Waals surface area contributed by atoms with Gasteiger partial charge < -0.3 is 4.42 Å². The fourth-order valence-corrected chi connectivity index (χ4v) is 3.72. The fraction of sp³-hybridized carbons (Fsp3) is 0.118. The summed E-state index contributed by atoms with van der Waals surface area (Å²) >= 11 is 6.09. The largest absolute Gasteiger partial charge is 0.423 e. The number of hydrogen-bond donors (Lipinski definition) is 0. The summed E-state index contributed by atoms with van der Waals surface area (Å²) in [5.74, 6) is 0. The first-order chi connectivity index (χ1) is 11.4. The zero-order chi connectivity index (χ0) is 17.3. The van der Waals surface area contributed by atoms with E-state index in [1.165, 1.54) is 41.7 Å². The van der Waals surface area contributed by atoms with Crippen molar-refractivity contribution in [1.82, 2.24) is 4.31 Å². The van der Waals surface area contributed by atoms with E-state index in [9.17, 15) is 13.2 Å². The Morgan fingerprint density at radius 3 is 2.58 bits per heavy atom. The molecule has 0 atom stereocenters. The average molecular weight is 364 g/mol. The molecule has 5 nitrogen and oxygen atoms in total. The smallest absolute Gasteiger partial charge is 0.336 e. The predicted molar refractivity (Wildman–Crippen MR) is 92.6 cm³/mol. The minimum Gasteiger partial charge on any atom is -0.423 e. The van der Waals surface area contributed by atoms with Crippen molar-refractivity contribution in [2.24, 2.45) is 0 Å². The first-order valence-corrected chi connectivity index (χ1v) is 8.93. The van der Waals surface area contributed by atoms with Gasteiger partial charge in [0.2, 0.25) is 10.0 Å². The van der Waals surface area contributed by atoms with E-state index >= 15 is 0 Å². The Labute approximate surface area is 144 Å². The molecule has 0 radical (unpaired) electrons. The quantitative estimate of drug-likeness (QED) is 0.667. The lowest BCUT2D eigenvalue weighted by Gasteiger charge is -2.18. The molecular formula is C17H14ClNO4S. The van der Waals surface area contributed by atoms with Crippen LogP contribution >= 0.6 is 11.6 Å². The van der Waals surface area contributed by atoms with Crippen LogP contribution in [-0.2, 0) is 16.6 Å². The van der Waals surface area contributed by atoms with Crippen LogP contribution in [0.15, 0.2) is 68.7 Å². The Hall–Kier alpha value is -2.15. The van der Waals surface area contributed by atoms with Crippen molar-refractivity contribution < 1.29 is 12.8 Å². The third kappa shape index (κ3) is 3.21. The van der Waals surface area contributed by atoms with Crippen LogP contribution in [0.25, 0.3) is 11.0 Å². The SMILES string of the molecule is CN(Cc1ccccc1Cl)S(=O)(=O)c1ccc2oc(=O)ccc2c1. The van der Waals surface area contributed by atoms with Crippen molar-refractivity contribution in [1.29, 1.82) is 0 Å². The van der Waals surface area contributed by atoms with Gasteiger partial charge in [0, 0.05) is 30.1 Å². The molecule has 0 N–H and O–H groups in total. The zero-order valence-corrected chi connectivity index (χ0v) is 14.3. The zero-order valence-electron chi connectivity index (χ0n) is 12.8. The van der Waals surface area contributed by atoms with E-state index in [1.807, 2.05) is 0 Å². The molecule has 7 heteroatoms. The van der Waals surface area contributed by atoms with E-state index in [0.717, 1.165) is 5.56 Å². The van der Waals surface area contributed by atoms with Gasteiger partial charge in [-0.25, -0.2) is 13.2 Å². The Morgan fingerprint density at radius 2 is 1.83 bits per heavy atom. The minimum absolute atomic E-state index is 0.124. The molecule has 3 rings (SSSR count). The number of benzene rings is 2. The third-order valence-electron chi connectivity index (χ3n) is 3.65. The summed E-state index contributed by atoms with van der Waals surface area (Å²) < 4.78 is 31.7. The Bertz CT molecular complexity index is 1060. The Morgan fingerprint density at radius 1 is 1.08 bits per heavy atom. The van der Waals surface area contributed by atoms with Crippen LogP contribution < -0.4 is 5.63 Å². The lowest BCUT2D eigenvalue weighted by Crippen LogP contribution is -2.26. The monoisotopic (exact) mass is 363 g/mol. The van der Waals surface area contributed by atoms with Crippen LogP contribution in [0, 0.1) is 0 Å². The summed E-state index contributed by atoms with van der Waals surface area (Å²) in [7, 11) is -2.21. The van der Waals surface area contributed by atoms with E-state index in [0.29, 0.717) is 16.0 Å². The highest BCUT2D eigenvalue weighted by Gasteiger charge is 2.22. The number of fused-ring (bicyclic) bond motifs is 1. The summed E-state index contributed by atoms with van der Waals surface area (Å²) in [4.78, 5) is 11.3. The van der Waals surface area contributed by atoms with Gasteiger partial charge in [0.1, 0.15) is 5.58 Å². The van der Waals surface area contributed by atoms with Crippen molar-refractivity contribution in [3.8, 4) is 0 Å². The maximum Gasteiger partial charge on any atom is 0.336 e. The van der Waals surface area contributed by atoms with E-state index < -0.39 is 15.6 Å². The molecule has 124 valence electrons. The van der Waals surface area contributed by atoms with E-state index in [4.69, 9.17) is 16.0 Å². The van der Waals surface area contributed by atoms with Crippen LogP contribution in [0.1, 0.15) is 5.56 Å². The van der Waals surface area contributed by atoms with Gasteiger partial charge in [0.15, 0.2) is 0 Å². The highest BCUT2D eigenvalue weighted by atomic mass is 35.5. The molecule has 2 aromatic carbocycles. The van der Waals surface area contributed by atoms with E-state index in [1.54, 1.807) is 24.3 Å². The normalized spacial score (nSPS) is 12.0. The molecule has 0 aliphatic carbocycles. The first kappa shape index (κ1) is 16.7. The number of nitrogens with zero attached hydrogens (tertiary/aromatic N) is 1. The lowest BCUT2D eigenvalue weighted by atomic mass is 10.2. The second-order valence-corrected chi connectivity index (χ2v) is 7.76. The standard InChI is InChI=1S/C17H14ClNO4S/c1-19(11-13-4-2-3-5-15(13)18)24(21,22)14-7-8-16-12(10-14)6-9-17(20)23-16/h2-10H,11H2,1H3. The van der Waals surface area contributed by atoms with Crippen LogP contribution in [0.4, 0.5) is 0 Å². The van der Waals surface area contributed by atoms with Gasteiger partial charge in [-0.3, -0.25) is 0 Å². The molecule has 0 saturated heterocycles. The van der Waals surface area contributed by atoms with Crippen molar-refractivity contribution in [2.75, 3.05) is 7.05 Å². The van der Waals surface area contributed by atoms with Gasteiger partial charge in [0.25, 0.3) is 0 Å². The second kappa shape index (κ2) is 6.39. The molecular weight excluding hydrogens is 350 g/mol. The predicted octanol–water partition coefficient (Wildman–Crippen LogP) is 3.27. The van der Waals surface area contributed by atoms with E-state index in [2.05, 4.69) is 0 Å². The first-order valence-electron chi connectivity index (χ1n) is 7.11. The van der Waals surface area contributed by atoms with Gasteiger partial charge in [-0.1, -0.05) is 29.8 Å². The summed E-state index contributed by atoms with van der Waals surface area (Å²) in [5, 5.41) is 1.06. The summed E-state index contributed by atoms with van der Waals surface area (Å²) in [6, 6.07) is 14.3. The molecule has 0 amide bonds. The molecule has 0 bridgehead atoms. The number of hydrogen-bond acceptors (Lipinski definition) is 4. The topological polar surface area (TPSA) is 67.6 Å². The Balaban J connectivity index is 1.96. The highest BCUT2D eigenvalue weighted by Crippen LogP contribution is 2.23. The maximum atomic E-state index is 12.7. The van der Waals surface area contributed by atoms with E-state index in [-0.39, 0.29) is 11.4 Å². The van der Waals surface area contributed by atoms with Gasteiger partial charge >= 0.3 is 5.63 Å².